The van der Waals surface area contributed by atoms with Gasteiger partial charge in [-0.1, -0.05) is 35.0 Å². The van der Waals surface area contributed by atoms with Crippen LogP contribution in [0.5, 0.6) is 0 Å². The number of hydrogen-bond donors (Lipinski definition) is 0. The Morgan fingerprint density at radius 1 is 1.29 bits per heavy atom. The second-order valence-corrected chi connectivity index (χ2v) is 6.43. The molecule has 2 aromatic rings. The van der Waals surface area contributed by atoms with Gasteiger partial charge in [0.1, 0.15) is 0 Å². The molecule has 1 fully saturated rings. The van der Waals surface area contributed by atoms with Gasteiger partial charge in [-0.05, 0) is 11.6 Å². The van der Waals surface area contributed by atoms with Crippen molar-refractivity contribution in [2.75, 3.05) is 24.6 Å². The summed E-state index contributed by atoms with van der Waals surface area (Å²) in [6.45, 7) is 2.07. The fourth-order valence-electron chi connectivity index (χ4n) is 2.20. The van der Waals surface area contributed by atoms with Crippen molar-refractivity contribution in [3.05, 3.63) is 46.7 Å². The summed E-state index contributed by atoms with van der Waals surface area (Å²) in [5.41, 5.74) is 1.35. The number of aromatic nitrogens is 3. The first-order valence-electron chi connectivity index (χ1n) is 6.74. The highest BCUT2D eigenvalue weighted by molar-refractivity contribution is 7.99. The number of halogens is 1. The van der Waals surface area contributed by atoms with E-state index in [1.165, 1.54) is 0 Å². The van der Waals surface area contributed by atoms with Crippen LogP contribution in [0.15, 0.2) is 30.5 Å². The maximum absolute atomic E-state index is 12.3. The first-order chi connectivity index (χ1) is 10.2. The van der Waals surface area contributed by atoms with Gasteiger partial charge in [-0.3, -0.25) is 4.79 Å². The van der Waals surface area contributed by atoms with Gasteiger partial charge in [-0.25, -0.2) is 4.68 Å². The van der Waals surface area contributed by atoms with Gasteiger partial charge >= 0.3 is 0 Å². The number of carbonyl (C=O) groups is 1. The van der Waals surface area contributed by atoms with Crippen molar-refractivity contribution in [3.63, 3.8) is 0 Å². The lowest BCUT2D eigenvalue weighted by Crippen LogP contribution is -2.38. The first kappa shape index (κ1) is 14.4. The highest BCUT2D eigenvalue weighted by Crippen LogP contribution is 2.16. The lowest BCUT2D eigenvalue weighted by Gasteiger charge is -2.25. The number of thioether (sulfide) groups is 1. The van der Waals surface area contributed by atoms with E-state index in [1.54, 1.807) is 10.9 Å². The number of benzene rings is 1. The third-order valence-corrected chi connectivity index (χ3v) is 4.66. The Morgan fingerprint density at radius 2 is 2.05 bits per heavy atom. The van der Waals surface area contributed by atoms with Crippen LogP contribution in [-0.2, 0) is 6.54 Å². The molecule has 1 aliphatic rings. The van der Waals surface area contributed by atoms with Crippen LogP contribution in [-0.4, -0.2) is 50.4 Å². The normalized spacial score (nSPS) is 15.2. The fraction of sp³-hybridized carbons (Fsp3) is 0.357. The molecule has 110 valence electrons. The molecular weight excluding hydrogens is 308 g/mol. The summed E-state index contributed by atoms with van der Waals surface area (Å²) in [4.78, 5) is 14.1. The molecule has 2 heterocycles. The molecule has 0 spiro atoms. The monoisotopic (exact) mass is 322 g/mol. The van der Waals surface area contributed by atoms with Crippen molar-refractivity contribution in [2.24, 2.45) is 0 Å². The highest BCUT2D eigenvalue weighted by Gasteiger charge is 2.21. The maximum Gasteiger partial charge on any atom is 0.276 e. The molecule has 0 bridgehead atoms. The molecule has 0 radical (unpaired) electrons. The standard InChI is InChI=1S/C14H15ClN4OS/c15-12-4-2-1-3-11(12)9-19-10-13(16-17-19)14(20)18-5-7-21-8-6-18/h1-4,10H,5-9H2. The Morgan fingerprint density at radius 3 is 2.81 bits per heavy atom. The minimum absolute atomic E-state index is 0.0410. The van der Waals surface area contributed by atoms with Crippen LogP contribution in [0.4, 0.5) is 0 Å². The Balaban J connectivity index is 1.71. The smallest absolute Gasteiger partial charge is 0.276 e. The lowest BCUT2D eigenvalue weighted by molar-refractivity contribution is 0.0766. The summed E-state index contributed by atoms with van der Waals surface area (Å²) in [5, 5.41) is 8.70. The lowest BCUT2D eigenvalue weighted by atomic mass is 10.2. The fourth-order valence-corrected chi connectivity index (χ4v) is 3.30. The summed E-state index contributed by atoms with van der Waals surface area (Å²) < 4.78 is 1.65. The van der Waals surface area contributed by atoms with Crippen LogP contribution in [0, 0.1) is 0 Å². The van der Waals surface area contributed by atoms with Crippen molar-refractivity contribution in [1.82, 2.24) is 19.9 Å². The molecule has 0 saturated carbocycles. The summed E-state index contributed by atoms with van der Waals surface area (Å²) >= 11 is 8.00. The third kappa shape index (κ3) is 3.39. The van der Waals surface area contributed by atoms with Crippen LogP contribution >= 0.6 is 23.4 Å². The van der Waals surface area contributed by atoms with E-state index in [0.717, 1.165) is 30.2 Å². The van der Waals surface area contributed by atoms with Crippen LogP contribution in [0.2, 0.25) is 5.02 Å². The van der Waals surface area contributed by atoms with Crippen molar-refractivity contribution in [2.45, 2.75) is 6.54 Å². The number of carbonyl (C=O) groups excluding carboxylic acids is 1. The zero-order chi connectivity index (χ0) is 14.7. The molecule has 1 aliphatic heterocycles. The number of amides is 1. The summed E-state index contributed by atoms with van der Waals surface area (Å²) in [6, 6.07) is 7.59. The van der Waals surface area contributed by atoms with E-state index in [1.807, 2.05) is 40.9 Å². The Hall–Kier alpha value is -1.53. The minimum atomic E-state index is -0.0410. The molecule has 0 unspecified atom stereocenters. The zero-order valence-corrected chi connectivity index (χ0v) is 13.0. The Labute approximate surface area is 132 Å². The Kier molecular flexibility index (Phi) is 4.45. The van der Waals surface area contributed by atoms with Crippen molar-refractivity contribution in [3.8, 4) is 0 Å². The molecular formula is C14H15ClN4OS. The van der Waals surface area contributed by atoms with Gasteiger partial charge in [0.15, 0.2) is 5.69 Å². The molecule has 0 atom stereocenters. The number of rotatable bonds is 3. The van der Waals surface area contributed by atoms with Crippen molar-refractivity contribution in [1.29, 1.82) is 0 Å². The van der Waals surface area contributed by atoms with Gasteiger partial charge in [-0.15, -0.1) is 5.10 Å². The molecule has 0 N–H and O–H groups in total. The third-order valence-electron chi connectivity index (χ3n) is 3.35. The molecule has 1 aromatic carbocycles. The highest BCUT2D eigenvalue weighted by atomic mass is 35.5. The first-order valence-corrected chi connectivity index (χ1v) is 8.28. The van der Waals surface area contributed by atoms with E-state index in [4.69, 9.17) is 11.6 Å². The maximum atomic E-state index is 12.3. The van der Waals surface area contributed by atoms with Crippen LogP contribution in [0.1, 0.15) is 16.1 Å². The van der Waals surface area contributed by atoms with Crippen LogP contribution in [0.25, 0.3) is 0 Å². The van der Waals surface area contributed by atoms with E-state index in [-0.39, 0.29) is 5.91 Å². The molecule has 1 saturated heterocycles. The van der Waals surface area contributed by atoms with Gasteiger partial charge in [0.25, 0.3) is 5.91 Å². The molecule has 7 heteroatoms. The number of hydrogen-bond acceptors (Lipinski definition) is 4. The van der Waals surface area contributed by atoms with Crippen molar-refractivity contribution >= 4 is 29.3 Å². The molecule has 0 aliphatic carbocycles. The average molecular weight is 323 g/mol. The van der Waals surface area contributed by atoms with Crippen LogP contribution < -0.4 is 0 Å². The Bertz CT molecular complexity index is 639. The second kappa shape index (κ2) is 6.49. The van der Waals surface area contributed by atoms with Gasteiger partial charge < -0.3 is 4.90 Å². The predicted octanol–water partition coefficient (Wildman–Crippen LogP) is 2.17. The topological polar surface area (TPSA) is 51.0 Å². The van der Waals surface area contributed by atoms with Crippen LogP contribution in [0.3, 0.4) is 0 Å². The summed E-state index contributed by atoms with van der Waals surface area (Å²) in [7, 11) is 0. The molecule has 3 rings (SSSR count). The largest absolute Gasteiger partial charge is 0.336 e. The van der Waals surface area contributed by atoms with Gasteiger partial charge in [0.2, 0.25) is 0 Å². The van der Waals surface area contributed by atoms with Crippen molar-refractivity contribution < 1.29 is 4.79 Å². The summed E-state index contributed by atoms with van der Waals surface area (Å²) in [6.07, 6.45) is 1.69. The average Bonchev–Trinajstić information content (AvgIpc) is 2.98. The number of nitrogens with zero attached hydrogens (tertiary/aromatic N) is 4. The van der Waals surface area contributed by atoms with E-state index in [9.17, 15) is 4.79 Å². The molecule has 5 nitrogen and oxygen atoms in total. The summed E-state index contributed by atoms with van der Waals surface area (Å²) in [5.74, 6) is 1.93. The zero-order valence-electron chi connectivity index (χ0n) is 11.4. The van der Waals surface area contributed by atoms with E-state index >= 15 is 0 Å². The predicted molar refractivity (Wildman–Crippen MR) is 83.8 cm³/mol. The minimum Gasteiger partial charge on any atom is -0.336 e. The van der Waals surface area contributed by atoms with E-state index in [2.05, 4.69) is 10.3 Å². The SMILES string of the molecule is O=C(c1cn(Cc2ccccc2Cl)nn1)N1CCSCC1. The van der Waals surface area contributed by atoms with Gasteiger partial charge in [0, 0.05) is 29.6 Å². The second-order valence-electron chi connectivity index (χ2n) is 4.80. The quantitative estimate of drug-likeness (QED) is 0.869. The molecule has 21 heavy (non-hydrogen) atoms. The molecule has 1 aromatic heterocycles. The van der Waals surface area contributed by atoms with Gasteiger partial charge in [-0.2, -0.15) is 11.8 Å². The van der Waals surface area contributed by atoms with E-state index in [0.29, 0.717) is 17.3 Å². The van der Waals surface area contributed by atoms with Gasteiger partial charge in [0.05, 0.1) is 12.7 Å². The van der Waals surface area contributed by atoms with E-state index < -0.39 is 0 Å². The molecule has 1 amide bonds.